The van der Waals surface area contributed by atoms with Crippen molar-refractivity contribution in [3.63, 3.8) is 0 Å². The molecule has 0 aliphatic carbocycles. The number of non-ortho nitro benzene ring substituents is 1. The van der Waals surface area contributed by atoms with E-state index in [2.05, 4.69) is 0 Å². The first-order valence-corrected chi connectivity index (χ1v) is 9.55. The van der Waals surface area contributed by atoms with Gasteiger partial charge in [-0.15, -0.1) is 0 Å². The molecule has 7 nitrogen and oxygen atoms in total. The molecule has 8 heteroatoms. The molecule has 3 aromatic rings. The Morgan fingerprint density at radius 1 is 0.893 bits per heavy atom. The summed E-state index contributed by atoms with van der Waals surface area (Å²) in [4.78, 5) is 10.4. The Morgan fingerprint density at radius 2 is 1.39 bits per heavy atom. The molecule has 0 heterocycles. The maximum atomic E-state index is 12.3. The van der Waals surface area contributed by atoms with Crippen molar-refractivity contribution in [2.45, 2.75) is 12.1 Å². The van der Waals surface area contributed by atoms with E-state index in [0.29, 0.717) is 5.69 Å². The first-order valence-electron chi connectivity index (χ1n) is 8.49. The number of anilines is 1. The van der Waals surface area contributed by atoms with E-state index in [4.69, 9.17) is 5.73 Å². The molecule has 0 fully saturated rings. The Kier molecular flexibility index (Phi) is 6.15. The van der Waals surface area contributed by atoms with Crippen molar-refractivity contribution in [3.8, 4) is 0 Å². The van der Waals surface area contributed by atoms with Crippen LogP contribution in [-0.2, 0) is 11.3 Å². The van der Waals surface area contributed by atoms with Crippen LogP contribution in [0.2, 0.25) is 0 Å². The predicted molar refractivity (Wildman–Crippen MR) is 109 cm³/mol. The van der Waals surface area contributed by atoms with Crippen LogP contribution in [0.5, 0.6) is 0 Å². The summed E-state index contributed by atoms with van der Waals surface area (Å²) < 4.78 is 23.7. The van der Waals surface area contributed by atoms with Crippen LogP contribution in [0.25, 0.3) is 0 Å². The maximum absolute atomic E-state index is 12.3. The van der Waals surface area contributed by atoms with E-state index >= 15 is 0 Å². The minimum Gasteiger partial charge on any atom is -0.322 e. The summed E-state index contributed by atoms with van der Waals surface area (Å²) in [6, 6.07) is 22.6. The minimum absolute atomic E-state index is 0.101. The van der Waals surface area contributed by atoms with Gasteiger partial charge < -0.3 is 5.73 Å². The van der Waals surface area contributed by atoms with Crippen LogP contribution in [-0.4, -0.2) is 13.7 Å². The van der Waals surface area contributed by atoms with E-state index in [1.807, 2.05) is 60.7 Å². The number of nitro benzene ring substituents is 1. The van der Waals surface area contributed by atoms with Crippen LogP contribution in [0.4, 0.5) is 11.4 Å². The Labute approximate surface area is 165 Å². The topological polar surface area (TPSA) is 110 Å². The zero-order chi connectivity index (χ0) is 20.1. The lowest BCUT2D eigenvalue weighted by molar-refractivity contribution is -0.384. The molecular weight excluding hydrogens is 378 g/mol. The van der Waals surface area contributed by atoms with Crippen LogP contribution in [0.3, 0.4) is 0 Å². The fourth-order valence-electron chi connectivity index (χ4n) is 3.07. The fourth-order valence-corrected chi connectivity index (χ4v) is 3.81. The number of hydrogen-bond acceptors (Lipinski definition) is 4. The van der Waals surface area contributed by atoms with Gasteiger partial charge in [-0.2, -0.15) is 0 Å². The van der Waals surface area contributed by atoms with E-state index in [0.717, 1.165) is 11.1 Å². The average molecular weight is 397 g/mol. The standard InChI is InChI=1S/C20H19N3O4S/c21-19(15-7-3-1-4-8-15)20(16-9-5-2-6-10-16)22(28(26)27)17-11-13-18(14-12-17)23(24)25/h1-14,19-20H,21H2,(H,26,27)/t19?,20-/m1/s1. The summed E-state index contributed by atoms with van der Waals surface area (Å²) in [5.41, 5.74) is 8.33. The SMILES string of the molecule is NC(c1ccccc1)[C@@H](c1ccccc1)N(c1ccc([N+](=O)[O-])cc1)S(=O)O. The van der Waals surface area contributed by atoms with Crippen LogP contribution >= 0.6 is 0 Å². The van der Waals surface area contributed by atoms with Gasteiger partial charge in [0.05, 0.1) is 22.7 Å². The third-order valence-corrected chi connectivity index (χ3v) is 5.18. The van der Waals surface area contributed by atoms with Gasteiger partial charge >= 0.3 is 0 Å². The van der Waals surface area contributed by atoms with Crippen LogP contribution in [0, 0.1) is 10.1 Å². The number of nitrogens with zero attached hydrogens (tertiary/aromatic N) is 2. The summed E-state index contributed by atoms with van der Waals surface area (Å²) >= 11 is -2.41. The molecule has 0 aliphatic rings. The summed E-state index contributed by atoms with van der Waals surface area (Å²) in [6.07, 6.45) is 0. The van der Waals surface area contributed by atoms with Crippen molar-refractivity contribution in [2.24, 2.45) is 5.73 Å². The highest BCUT2D eigenvalue weighted by molar-refractivity contribution is 7.80. The molecule has 28 heavy (non-hydrogen) atoms. The van der Waals surface area contributed by atoms with Gasteiger partial charge in [0, 0.05) is 12.1 Å². The van der Waals surface area contributed by atoms with Crippen molar-refractivity contribution < 1.29 is 13.7 Å². The molecule has 3 aromatic carbocycles. The molecule has 0 saturated carbocycles. The maximum Gasteiger partial charge on any atom is 0.269 e. The highest BCUT2D eigenvalue weighted by Gasteiger charge is 2.32. The molecule has 0 amide bonds. The largest absolute Gasteiger partial charge is 0.322 e. The minimum atomic E-state index is -2.41. The third kappa shape index (κ3) is 4.25. The quantitative estimate of drug-likeness (QED) is 0.356. The first-order chi connectivity index (χ1) is 13.5. The summed E-state index contributed by atoms with van der Waals surface area (Å²) in [5, 5.41) is 10.9. The normalized spacial score (nSPS) is 14.1. The van der Waals surface area contributed by atoms with Crippen LogP contribution in [0.15, 0.2) is 84.9 Å². The molecule has 2 unspecified atom stereocenters. The smallest absolute Gasteiger partial charge is 0.269 e. The van der Waals surface area contributed by atoms with Crippen LogP contribution < -0.4 is 10.0 Å². The van der Waals surface area contributed by atoms with E-state index < -0.39 is 28.3 Å². The Bertz CT molecular complexity index is 952. The Hall–Kier alpha value is -3.07. The van der Waals surface area contributed by atoms with Gasteiger partial charge in [-0.3, -0.25) is 19.0 Å². The second-order valence-corrected chi connectivity index (χ2v) is 6.98. The molecule has 0 aromatic heterocycles. The first kappa shape index (κ1) is 19.7. The fraction of sp³-hybridized carbons (Fsp3) is 0.100. The highest BCUT2D eigenvalue weighted by atomic mass is 32.2. The molecule has 3 rings (SSSR count). The van der Waals surface area contributed by atoms with Crippen molar-refractivity contribution in [2.75, 3.05) is 4.31 Å². The molecule has 3 atom stereocenters. The monoisotopic (exact) mass is 397 g/mol. The molecular formula is C20H19N3O4S. The zero-order valence-electron chi connectivity index (χ0n) is 14.8. The summed E-state index contributed by atoms with van der Waals surface area (Å²) in [6.45, 7) is 0. The second kappa shape index (κ2) is 8.75. The van der Waals surface area contributed by atoms with Crippen LogP contribution in [0.1, 0.15) is 23.2 Å². The van der Waals surface area contributed by atoms with Gasteiger partial charge in [0.15, 0.2) is 0 Å². The van der Waals surface area contributed by atoms with Gasteiger partial charge in [-0.1, -0.05) is 60.7 Å². The van der Waals surface area contributed by atoms with Crippen molar-refractivity contribution >= 4 is 22.6 Å². The van der Waals surface area contributed by atoms with Gasteiger partial charge in [-0.05, 0) is 23.3 Å². The number of nitro groups is 1. The summed E-state index contributed by atoms with van der Waals surface area (Å²) in [7, 11) is 0. The van der Waals surface area contributed by atoms with Crippen molar-refractivity contribution in [1.82, 2.24) is 0 Å². The summed E-state index contributed by atoms with van der Waals surface area (Å²) in [5.74, 6) is 0. The highest BCUT2D eigenvalue weighted by Crippen LogP contribution is 2.37. The number of hydrogen-bond donors (Lipinski definition) is 2. The number of rotatable bonds is 7. The van der Waals surface area contributed by atoms with Gasteiger partial charge in [0.25, 0.3) is 17.0 Å². The zero-order valence-corrected chi connectivity index (χ0v) is 15.6. The molecule has 0 aliphatic heterocycles. The molecule has 0 bridgehead atoms. The second-order valence-electron chi connectivity index (χ2n) is 6.12. The molecule has 144 valence electrons. The van der Waals surface area contributed by atoms with Crippen molar-refractivity contribution in [1.29, 1.82) is 0 Å². The van der Waals surface area contributed by atoms with E-state index in [-0.39, 0.29) is 5.69 Å². The van der Waals surface area contributed by atoms with E-state index in [9.17, 15) is 18.9 Å². The lowest BCUT2D eigenvalue weighted by Gasteiger charge is -2.34. The Balaban J connectivity index is 2.10. The predicted octanol–water partition coefficient (Wildman–Crippen LogP) is 3.98. The lowest BCUT2D eigenvalue weighted by atomic mass is 9.93. The molecule has 0 radical (unpaired) electrons. The van der Waals surface area contributed by atoms with Crippen molar-refractivity contribution in [3.05, 3.63) is 106 Å². The van der Waals surface area contributed by atoms with E-state index in [1.54, 1.807) is 0 Å². The average Bonchev–Trinajstić information content (AvgIpc) is 2.72. The van der Waals surface area contributed by atoms with Gasteiger partial charge in [0.1, 0.15) is 0 Å². The molecule has 0 spiro atoms. The molecule has 0 saturated heterocycles. The third-order valence-electron chi connectivity index (χ3n) is 4.40. The lowest BCUT2D eigenvalue weighted by Crippen LogP contribution is -2.37. The van der Waals surface area contributed by atoms with E-state index in [1.165, 1.54) is 28.6 Å². The molecule has 3 N–H and O–H groups in total. The number of benzene rings is 3. The Morgan fingerprint density at radius 3 is 1.86 bits per heavy atom. The van der Waals surface area contributed by atoms with Gasteiger partial charge in [-0.25, -0.2) is 4.21 Å². The number of nitrogens with two attached hydrogens (primary N) is 1. The van der Waals surface area contributed by atoms with Gasteiger partial charge in [0.2, 0.25) is 0 Å².